The van der Waals surface area contributed by atoms with Crippen molar-refractivity contribution in [3.63, 3.8) is 0 Å². The summed E-state index contributed by atoms with van der Waals surface area (Å²) in [6.07, 6.45) is 1.69. The first-order valence-corrected chi connectivity index (χ1v) is 5.32. The standard InChI is InChI=1S/C12H12N4O2/c1-16-8-7-10(15-16)13-12(18)14-11(17)9-5-3-2-4-6-9/h2-8H,1H3,(H2,13,14,15,17,18). The molecule has 0 atom stereocenters. The summed E-state index contributed by atoms with van der Waals surface area (Å²) in [6, 6.07) is 9.53. The Bertz CT molecular complexity index is 562. The molecule has 1 aromatic carbocycles. The van der Waals surface area contributed by atoms with Gasteiger partial charge in [-0.25, -0.2) is 4.79 Å². The molecule has 0 saturated carbocycles. The van der Waals surface area contributed by atoms with Gasteiger partial charge in [0.1, 0.15) is 0 Å². The van der Waals surface area contributed by atoms with Crippen LogP contribution >= 0.6 is 0 Å². The highest BCUT2D eigenvalue weighted by Crippen LogP contribution is 2.01. The van der Waals surface area contributed by atoms with Crippen molar-refractivity contribution in [1.29, 1.82) is 0 Å². The van der Waals surface area contributed by atoms with E-state index in [1.165, 1.54) is 0 Å². The Balaban J connectivity index is 1.94. The third kappa shape index (κ3) is 2.94. The van der Waals surface area contributed by atoms with Gasteiger partial charge in [0.2, 0.25) is 0 Å². The number of hydrogen-bond donors (Lipinski definition) is 2. The molecular weight excluding hydrogens is 232 g/mol. The lowest BCUT2D eigenvalue weighted by Crippen LogP contribution is -2.34. The number of anilines is 1. The molecule has 0 fully saturated rings. The Morgan fingerprint density at radius 2 is 1.89 bits per heavy atom. The molecule has 0 aliphatic carbocycles. The van der Waals surface area contributed by atoms with Crippen LogP contribution in [0.2, 0.25) is 0 Å². The van der Waals surface area contributed by atoms with E-state index >= 15 is 0 Å². The van der Waals surface area contributed by atoms with Gasteiger partial charge in [-0.3, -0.25) is 20.1 Å². The molecule has 0 bridgehead atoms. The minimum absolute atomic E-state index is 0.385. The van der Waals surface area contributed by atoms with Gasteiger partial charge in [0, 0.05) is 24.9 Å². The summed E-state index contributed by atoms with van der Waals surface area (Å²) in [5.74, 6) is -0.0695. The highest BCUT2D eigenvalue weighted by molar-refractivity contribution is 6.07. The molecule has 2 rings (SSSR count). The van der Waals surface area contributed by atoms with Gasteiger partial charge in [0.25, 0.3) is 5.91 Å². The van der Waals surface area contributed by atoms with Crippen LogP contribution in [0.4, 0.5) is 10.6 Å². The number of nitrogens with zero attached hydrogens (tertiary/aromatic N) is 2. The highest BCUT2D eigenvalue weighted by atomic mass is 16.2. The summed E-state index contributed by atoms with van der Waals surface area (Å²) in [5.41, 5.74) is 0.425. The second-order valence-corrected chi connectivity index (χ2v) is 3.65. The van der Waals surface area contributed by atoms with Gasteiger partial charge < -0.3 is 0 Å². The number of carbonyl (C=O) groups excluding carboxylic acids is 2. The van der Waals surface area contributed by atoms with E-state index in [0.29, 0.717) is 11.4 Å². The van der Waals surface area contributed by atoms with Crippen molar-refractivity contribution in [1.82, 2.24) is 15.1 Å². The third-order valence-corrected chi connectivity index (χ3v) is 2.22. The number of benzene rings is 1. The fraction of sp³-hybridized carbons (Fsp3) is 0.0833. The van der Waals surface area contributed by atoms with Gasteiger partial charge >= 0.3 is 6.03 Å². The molecule has 6 nitrogen and oxygen atoms in total. The Morgan fingerprint density at radius 3 is 2.50 bits per heavy atom. The Morgan fingerprint density at radius 1 is 1.17 bits per heavy atom. The normalized spacial score (nSPS) is 9.83. The fourth-order valence-corrected chi connectivity index (χ4v) is 1.39. The predicted molar refractivity (Wildman–Crippen MR) is 66.1 cm³/mol. The molecular formula is C12H12N4O2. The summed E-state index contributed by atoms with van der Waals surface area (Å²) >= 11 is 0. The van der Waals surface area contributed by atoms with Crippen LogP contribution in [0.1, 0.15) is 10.4 Å². The van der Waals surface area contributed by atoms with Crippen LogP contribution in [0.5, 0.6) is 0 Å². The molecule has 2 N–H and O–H groups in total. The van der Waals surface area contributed by atoms with Gasteiger partial charge in [-0.05, 0) is 12.1 Å². The van der Waals surface area contributed by atoms with E-state index in [9.17, 15) is 9.59 Å². The van der Waals surface area contributed by atoms with Crippen LogP contribution in [-0.2, 0) is 7.05 Å². The van der Waals surface area contributed by atoms with E-state index in [1.807, 2.05) is 0 Å². The summed E-state index contributed by atoms with van der Waals surface area (Å²) in [7, 11) is 1.73. The maximum atomic E-state index is 11.7. The van der Waals surface area contributed by atoms with Gasteiger partial charge in [-0.15, -0.1) is 0 Å². The molecule has 0 unspecified atom stereocenters. The van der Waals surface area contributed by atoms with E-state index in [2.05, 4.69) is 15.7 Å². The molecule has 92 valence electrons. The summed E-state index contributed by atoms with van der Waals surface area (Å²) in [4.78, 5) is 23.2. The number of aromatic nitrogens is 2. The van der Waals surface area contributed by atoms with E-state index in [-0.39, 0.29) is 0 Å². The third-order valence-electron chi connectivity index (χ3n) is 2.22. The Labute approximate surface area is 104 Å². The quantitative estimate of drug-likeness (QED) is 0.838. The molecule has 1 aromatic heterocycles. The van der Waals surface area contributed by atoms with Crippen LogP contribution in [0.3, 0.4) is 0 Å². The van der Waals surface area contributed by atoms with Crippen LogP contribution in [0, 0.1) is 0 Å². The number of nitrogens with one attached hydrogen (secondary N) is 2. The lowest BCUT2D eigenvalue weighted by molar-refractivity contribution is 0.0967. The minimum Gasteiger partial charge on any atom is -0.291 e. The zero-order valence-corrected chi connectivity index (χ0v) is 9.75. The molecule has 0 aliphatic rings. The van der Waals surface area contributed by atoms with Crippen molar-refractivity contribution < 1.29 is 9.59 Å². The predicted octanol–water partition coefficient (Wildman–Crippen LogP) is 1.38. The number of carbonyl (C=O) groups is 2. The first-order valence-electron chi connectivity index (χ1n) is 5.32. The molecule has 2 aromatic rings. The van der Waals surface area contributed by atoms with E-state index in [1.54, 1.807) is 54.3 Å². The molecule has 0 radical (unpaired) electrons. The smallest absolute Gasteiger partial charge is 0.291 e. The van der Waals surface area contributed by atoms with Crippen molar-refractivity contribution >= 4 is 17.8 Å². The Hall–Kier alpha value is -2.63. The molecule has 0 aliphatic heterocycles. The van der Waals surface area contributed by atoms with Crippen LogP contribution in [0.25, 0.3) is 0 Å². The number of urea groups is 1. The molecule has 6 heteroatoms. The monoisotopic (exact) mass is 244 g/mol. The number of rotatable bonds is 2. The van der Waals surface area contributed by atoms with Crippen LogP contribution in [0.15, 0.2) is 42.6 Å². The summed E-state index contributed by atoms with van der Waals surface area (Å²) in [6.45, 7) is 0. The van der Waals surface area contributed by atoms with Gasteiger partial charge in [-0.2, -0.15) is 5.10 Å². The minimum atomic E-state index is -0.609. The van der Waals surface area contributed by atoms with Crippen LogP contribution in [-0.4, -0.2) is 21.7 Å². The van der Waals surface area contributed by atoms with E-state index < -0.39 is 11.9 Å². The summed E-state index contributed by atoms with van der Waals surface area (Å²) < 4.78 is 1.55. The Kier molecular flexibility index (Phi) is 3.38. The number of hydrogen-bond acceptors (Lipinski definition) is 3. The zero-order chi connectivity index (χ0) is 13.0. The number of amides is 3. The topological polar surface area (TPSA) is 76.0 Å². The van der Waals surface area contributed by atoms with Crippen molar-refractivity contribution in [2.75, 3.05) is 5.32 Å². The first-order chi connectivity index (χ1) is 8.65. The average molecular weight is 244 g/mol. The van der Waals surface area contributed by atoms with E-state index in [0.717, 1.165) is 0 Å². The molecule has 3 amide bonds. The molecule has 18 heavy (non-hydrogen) atoms. The average Bonchev–Trinajstić information content (AvgIpc) is 2.75. The lowest BCUT2D eigenvalue weighted by Gasteiger charge is -2.04. The van der Waals surface area contributed by atoms with Crippen molar-refractivity contribution in [2.24, 2.45) is 7.05 Å². The fourth-order valence-electron chi connectivity index (χ4n) is 1.39. The lowest BCUT2D eigenvalue weighted by atomic mass is 10.2. The SMILES string of the molecule is Cn1ccc(NC(=O)NC(=O)c2ccccc2)n1. The largest absolute Gasteiger partial charge is 0.327 e. The molecule has 1 heterocycles. The number of imide groups is 1. The molecule has 0 spiro atoms. The van der Waals surface area contributed by atoms with E-state index in [4.69, 9.17) is 0 Å². The second-order valence-electron chi connectivity index (χ2n) is 3.65. The van der Waals surface area contributed by atoms with Crippen molar-refractivity contribution in [3.8, 4) is 0 Å². The maximum absolute atomic E-state index is 11.7. The zero-order valence-electron chi connectivity index (χ0n) is 9.75. The first kappa shape index (κ1) is 11.8. The van der Waals surface area contributed by atoms with Crippen LogP contribution < -0.4 is 10.6 Å². The van der Waals surface area contributed by atoms with Crippen molar-refractivity contribution in [2.45, 2.75) is 0 Å². The van der Waals surface area contributed by atoms with Crippen molar-refractivity contribution in [3.05, 3.63) is 48.2 Å². The second kappa shape index (κ2) is 5.13. The maximum Gasteiger partial charge on any atom is 0.327 e. The van der Waals surface area contributed by atoms with Gasteiger partial charge in [0.15, 0.2) is 5.82 Å². The van der Waals surface area contributed by atoms with Gasteiger partial charge in [0.05, 0.1) is 0 Å². The van der Waals surface area contributed by atoms with Gasteiger partial charge in [-0.1, -0.05) is 18.2 Å². The number of aryl methyl sites for hydroxylation is 1. The molecule has 0 saturated heterocycles. The summed E-state index contributed by atoms with van der Waals surface area (Å²) in [5, 5.41) is 8.64. The highest BCUT2D eigenvalue weighted by Gasteiger charge is 2.10.